The Labute approximate surface area is 137 Å². The Kier molecular flexibility index (Phi) is 4.19. The maximum absolute atomic E-state index is 12.1. The lowest BCUT2D eigenvalue weighted by atomic mass is 10.2. The molecule has 8 heteroatoms. The number of pyridine rings is 1. The van der Waals surface area contributed by atoms with Crippen molar-refractivity contribution in [2.45, 2.75) is 6.54 Å². The van der Waals surface area contributed by atoms with E-state index in [0.717, 1.165) is 21.5 Å². The molecule has 0 fully saturated rings. The van der Waals surface area contributed by atoms with E-state index in [0.29, 0.717) is 6.54 Å². The lowest BCUT2D eigenvalue weighted by molar-refractivity contribution is 0.0943. The van der Waals surface area contributed by atoms with Gasteiger partial charge in [-0.2, -0.15) is 10.2 Å². The molecule has 0 saturated carbocycles. The van der Waals surface area contributed by atoms with E-state index in [9.17, 15) is 9.59 Å². The number of aryl methyl sites for hydroxylation is 2. The fourth-order valence-corrected chi connectivity index (χ4v) is 2.15. The Morgan fingerprint density at radius 1 is 1.17 bits per heavy atom. The van der Waals surface area contributed by atoms with Crippen LogP contribution in [0.15, 0.2) is 47.7 Å². The first kappa shape index (κ1) is 15.6. The second-order valence-corrected chi connectivity index (χ2v) is 5.32. The summed E-state index contributed by atoms with van der Waals surface area (Å²) in [5.74, 6) is -0.345. The van der Waals surface area contributed by atoms with Gasteiger partial charge in [0.05, 0.1) is 11.9 Å². The van der Waals surface area contributed by atoms with Crippen LogP contribution in [0.1, 0.15) is 16.1 Å². The number of carbonyl (C=O) groups excluding carboxylic acids is 1. The van der Waals surface area contributed by atoms with Gasteiger partial charge in [0.2, 0.25) is 0 Å². The molecule has 1 amide bonds. The quantitative estimate of drug-likeness (QED) is 0.754. The fourth-order valence-electron chi connectivity index (χ4n) is 2.15. The van der Waals surface area contributed by atoms with Gasteiger partial charge in [0, 0.05) is 44.7 Å². The zero-order valence-electron chi connectivity index (χ0n) is 13.3. The van der Waals surface area contributed by atoms with E-state index in [2.05, 4.69) is 20.5 Å². The number of hydrogen-bond acceptors (Lipinski definition) is 5. The van der Waals surface area contributed by atoms with Crippen molar-refractivity contribution in [3.63, 3.8) is 0 Å². The van der Waals surface area contributed by atoms with E-state index in [4.69, 9.17) is 0 Å². The first-order valence-electron chi connectivity index (χ1n) is 7.29. The Hall–Kier alpha value is -3.29. The highest BCUT2D eigenvalue weighted by Gasteiger charge is 2.08. The van der Waals surface area contributed by atoms with Gasteiger partial charge in [0.1, 0.15) is 5.69 Å². The number of nitrogens with zero attached hydrogens (tertiary/aromatic N) is 5. The molecule has 0 radical (unpaired) electrons. The normalized spacial score (nSPS) is 10.6. The fraction of sp³-hybridized carbons (Fsp3) is 0.188. The minimum atomic E-state index is -0.345. The standard InChI is InChI=1S/C16H16N6O2/c1-21-10-12(9-19-21)13-4-3-11(7-17-13)8-18-16(24)14-5-6-15(23)22(2)20-14/h3-7,9-10H,8H2,1-2H3,(H,18,24). The lowest BCUT2D eigenvalue weighted by Crippen LogP contribution is -2.28. The van der Waals surface area contributed by atoms with Gasteiger partial charge in [-0.05, 0) is 17.7 Å². The number of rotatable bonds is 4. The van der Waals surface area contributed by atoms with Crippen molar-refractivity contribution in [3.05, 3.63) is 64.5 Å². The summed E-state index contributed by atoms with van der Waals surface area (Å²) in [5, 5.41) is 10.8. The molecule has 0 bridgehead atoms. The van der Waals surface area contributed by atoms with E-state index in [1.807, 2.05) is 25.4 Å². The predicted molar refractivity (Wildman–Crippen MR) is 87.1 cm³/mol. The van der Waals surface area contributed by atoms with Gasteiger partial charge in [-0.1, -0.05) is 6.07 Å². The molecular weight excluding hydrogens is 308 g/mol. The Morgan fingerprint density at radius 2 is 2.00 bits per heavy atom. The zero-order valence-corrected chi connectivity index (χ0v) is 13.3. The molecule has 1 N–H and O–H groups in total. The molecule has 3 aromatic rings. The van der Waals surface area contributed by atoms with Crippen LogP contribution >= 0.6 is 0 Å². The number of nitrogens with one attached hydrogen (secondary N) is 1. The van der Waals surface area contributed by atoms with Gasteiger partial charge in [-0.25, -0.2) is 4.68 Å². The monoisotopic (exact) mass is 324 g/mol. The second kappa shape index (κ2) is 6.45. The summed E-state index contributed by atoms with van der Waals surface area (Å²) in [6.07, 6.45) is 5.33. The SMILES string of the molecule is Cn1cc(-c2ccc(CNC(=O)c3ccc(=O)n(C)n3)cn2)cn1. The first-order valence-corrected chi connectivity index (χ1v) is 7.29. The number of amides is 1. The van der Waals surface area contributed by atoms with Crippen LogP contribution in [0.3, 0.4) is 0 Å². The highest BCUT2D eigenvalue weighted by Crippen LogP contribution is 2.15. The molecule has 122 valence electrons. The van der Waals surface area contributed by atoms with Crippen LogP contribution in [0.5, 0.6) is 0 Å². The summed E-state index contributed by atoms with van der Waals surface area (Å²) in [7, 11) is 3.35. The maximum Gasteiger partial charge on any atom is 0.271 e. The minimum Gasteiger partial charge on any atom is -0.347 e. The lowest BCUT2D eigenvalue weighted by Gasteiger charge is -2.06. The van der Waals surface area contributed by atoms with Crippen LogP contribution < -0.4 is 10.9 Å². The molecule has 24 heavy (non-hydrogen) atoms. The molecule has 3 heterocycles. The smallest absolute Gasteiger partial charge is 0.271 e. The van der Waals surface area contributed by atoms with Gasteiger partial charge in [-0.3, -0.25) is 19.3 Å². The van der Waals surface area contributed by atoms with Crippen LogP contribution in [0, 0.1) is 0 Å². The van der Waals surface area contributed by atoms with Crippen molar-refractivity contribution in [1.29, 1.82) is 0 Å². The molecule has 0 aliphatic carbocycles. The van der Waals surface area contributed by atoms with E-state index < -0.39 is 0 Å². The first-order chi connectivity index (χ1) is 11.5. The van der Waals surface area contributed by atoms with Gasteiger partial charge in [0.25, 0.3) is 11.5 Å². The highest BCUT2D eigenvalue weighted by atomic mass is 16.2. The maximum atomic E-state index is 12.1. The Balaban J connectivity index is 1.65. The second-order valence-electron chi connectivity index (χ2n) is 5.32. The number of aromatic nitrogens is 5. The van der Waals surface area contributed by atoms with Crippen LogP contribution in [0.25, 0.3) is 11.3 Å². The van der Waals surface area contributed by atoms with E-state index in [-0.39, 0.29) is 17.2 Å². The highest BCUT2D eigenvalue weighted by molar-refractivity contribution is 5.91. The molecule has 3 rings (SSSR count). The molecule has 0 saturated heterocycles. The summed E-state index contributed by atoms with van der Waals surface area (Å²) < 4.78 is 2.84. The van der Waals surface area contributed by atoms with Gasteiger partial charge >= 0.3 is 0 Å². The Bertz CT molecular complexity index is 926. The molecule has 8 nitrogen and oxygen atoms in total. The topological polar surface area (TPSA) is 94.7 Å². The summed E-state index contributed by atoms with van der Waals surface area (Å²) in [5.41, 5.74) is 2.54. The molecule has 0 atom stereocenters. The molecule has 0 aromatic carbocycles. The third-order valence-electron chi connectivity index (χ3n) is 3.47. The van der Waals surface area contributed by atoms with Crippen molar-refractivity contribution in [2.24, 2.45) is 14.1 Å². The van der Waals surface area contributed by atoms with Crippen LogP contribution in [0.4, 0.5) is 0 Å². The average molecular weight is 324 g/mol. The third kappa shape index (κ3) is 3.37. The van der Waals surface area contributed by atoms with Crippen molar-refractivity contribution < 1.29 is 4.79 Å². The van der Waals surface area contributed by atoms with Gasteiger partial charge in [0.15, 0.2) is 0 Å². The molecular formula is C16H16N6O2. The van der Waals surface area contributed by atoms with Crippen LogP contribution in [-0.2, 0) is 20.6 Å². The summed E-state index contributed by atoms with van der Waals surface area (Å²) in [6.45, 7) is 0.323. The van der Waals surface area contributed by atoms with Crippen molar-refractivity contribution in [1.82, 2.24) is 29.9 Å². The third-order valence-corrected chi connectivity index (χ3v) is 3.47. The molecule has 0 unspecified atom stereocenters. The zero-order chi connectivity index (χ0) is 17.1. The largest absolute Gasteiger partial charge is 0.347 e. The van der Waals surface area contributed by atoms with Gasteiger partial charge < -0.3 is 5.32 Å². The summed E-state index contributed by atoms with van der Waals surface area (Å²) >= 11 is 0. The average Bonchev–Trinajstić information content (AvgIpc) is 3.02. The number of carbonyl (C=O) groups is 1. The van der Waals surface area contributed by atoms with E-state index in [1.165, 1.54) is 19.2 Å². The molecule has 0 aliphatic rings. The Morgan fingerprint density at radius 3 is 2.62 bits per heavy atom. The van der Waals surface area contributed by atoms with E-state index in [1.54, 1.807) is 17.1 Å². The molecule has 3 aromatic heterocycles. The van der Waals surface area contributed by atoms with E-state index >= 15 is 0 Å². The van der Waals surface area contributed by atoms with Crippen molar-refractivity contribution >= 4 is 5.91 Å². The summed E-state index contributed by atoms with van der Waals surface area (Å²) in [4.78, 5) is 27.7. The van der Waals surface area contributed by atoms with Gasteiger partial charge in [-0.15, -0.1) is 0 Å². The molecule has 0 aliphatic heterocycles. The van der Waals surface area contributed by atoms with Crippen LogP contribution in [0.2, 0.25) is 0 Å². The van der Waals surface area contributed by atoms with Crippen LogP contribution in [-0.4, -0.2) is 30.5 Å². The van der Waals surface area contributed by atoms with Crippen molar-refractivity contribution in [3.8, 4) is 11.3 Å². The molecule has 0 spiro atoms. The van der Waals surface area contributed by atoms with Crippen molar-refractivity contribution in [2.75, 3.05) is 0 Å². The predicted octanol–water partition coefficient (Wildman–Crippen LogP) is 0.506. The summed E-state index contributed by atoms with van der Waals surface area (Å²) in [6, 6.07) is 6.49. The number of hydrogen-bond donors (Lipinski definition) is 1. The minimum absolute atomic E-state index is 0.192.